The minimum absolute atomic E-state index is 0.0117. The van der Waals surface area contributed by atoms with Crippen molar-refractivity contribution in [3.63, 3.8) is 0 Å². The fourth-order valence-corrected chi connectivity index (χ4v) is 3.00. The highest BCUT2D eigenvalue weighted by Crippen LogP contribution is 2.21. The summed E-state index contributed by atoms with van der Waals surface area (Å²) in [5, 5.41) is 4.20. The Morgan fingerprint density at radius 3 is 2.75 bits per heavy atom. The number of aromatic amines is 1. The molecule has 0 spiro atoms. The summed E-state index contributed by atoms with van der Waals surface area (Å²) >= 11 is 0. The van der Waals surface area contributed by atoms with Gasteiger partial charge < -0.3 is 16.0 Å². The Morgan fingerprint density at radius 1 is 1.17 bits per heavy atom. The molecule has 4 nitrogen and oxygen atoms in total. The molecule has 0 radical (unpaired) electrons. The minimum Gasteiger partial charge on any atom is -0.361 e. The maximum atomic E-state index is 12.1. The Hall–Kier alpha value is -2.59. The van der Waals surface area contributed by atoms with Crippen LogP contribution in [0.15, 0.2) is 54.7 Å². The number of benzene rings is 2. The molecule has 1 unspecified atom stereocenters. The van der Waals surface area contributed by atoms with Crippen molar-refractivity contribution < 1.29 is 4.79 Å². The second kappa shape index (κ2) is 7.32. The van der Waals surface area contributed by atoms with Crippen LogP contribution in [0.5, 0.6) is 0 Å². The van der Waals surface area contributed by atoms with Crippen molar-refractivity contribution in [1.82, 2.24) is 10.3 Å². The molecule has 1 amide bonds. The molecule has 1 atom stereocenters. The number of fused-ring (bicyclic) bond motifs is 1. The lowest BCUT2D eigenvalue weighted by molar-refractivity contribution is -0.121. The summed E-state index contributed by atoms with van der Waals surface area (Å²) in [6.07, 6.45) is 3.13. The third-order valence-corrected chi connectivity index (χ3v) is 4.36. The van der Waals surface area contributed by atoms with Crippen LogP contribution >= 0.6 is 0 Å². The van der Waals surface area contributed by atoms with E-state index in [0.29, 0.717) is 13.0 Å². The molecule has 1 heterocycles. The summed E-state index contributed by atoms with van der Waals surface area (Å²) in [5.41, 5.74) is 10.7. The maximum absolute atomic E-state index is 12.1. The summed E-state index contributed by atoms with van der Waals surface area (Å²) in [6, 6.07) is 15.7. The number of nitrogens with one attached hydrogen (secondary N) is 2. The normalized spacial score (nSPS) is 12.2. The van der Waals surface area contributed by atoms with E-state index < -0.39 is 0 Å². The third kappa shape index (κ3) is 3.66. The van der Waals surface area contributed by atoms with E-state index in [1.165, 1.54) is 22.0 Å². The van der Waals surface area contributed by atoms with Crippen molar-refractivity contribution in [3.8, 4) is 0 Å². The van der Waals surface area contributed by atoms with Crippen LogP contribution in [0.4, 0.5) is 0 Å². The molecule has 4 heteroatoms. The molecule has 3 aromatic rings. The van der Waals surface area contributed by atoms with Gasteiger partial charge in [-0.05, 0) is 30.0 Å². The lowest BCUT2D eigenvalue weighted by Crippen LogP contribution is -2.29. The minimum atomic E-state index is -0.262. The van der Waals surface area contributed by atoms with Gasteiger partial charge in [0.05, 0.1) is 0 Å². The molecule has 0 saturated heterocycles. The summed E-state index contributed by atoms with van der Waals surface area (Å²) in [4.78, 5) is 15.4. The Bertz CT molecular complexity index is 823. The van der Waals surface area contributed by atoms with Crippen LogP contribution < -0.4 is 11.1 Å². The smallest absolute Gasteiger partial charge is 0.221 e. The third-order valence-electron chi connectivity index (χ3n) is 4.36. The van der Waals surface area contributed by atoms with Crippen LogP contribution in [0.1, 0.15) is 29.2 Å². The van der Waals surface area contributed by atoms with Gasteiger partial charge in [-0.3, -0.25) is 4.79 Å². The van der Waals surface area contributed by atoms with Crippen molar-refractivity contribution in [2.75, 3.05) is 6.54 Å². The molecule has 3 rings (SSSR count). The molecule has 24 heavy (non-hydrogen) atoms. The molecule has 2 aromatic carbocycles. The molecule has 0 aliphatic heterocycles. The average Bonchev–Trinajstić information content (AvgIpc) is 3.00. The second-order valence-corrected chi connectivity index (χ2v) is 6.13. The number of hydrogen-bond acceptors (Lipinski definition) is 2. The van der Waals surface area contributed by atoms with Gasteiger partial charge in [-0.15, -0.1) is 0 Å². The Kier molecular flexibility index (Phi) is 4.96. The first kappa shape index (κ1) is 16.3. The number of aryl methyl sites for hydroxylation is 1. The molecular formula is C20H23N3O. The zero-order chi connectivity index (χ0) is 16.9. The Morgan fingerprint density at radius 2 is 1.96 bits per heavy atom. The van der Waals surface area contributed by atoms with E-state index in [1.807, 2.05) is 36.5 Å². The van der Waals surface area contributed by atoms with Crippen LogP contribution in [0, 0.1) is 6.92 Å². The molecule has 0 fully saturated rings. The van der Waals surface area contributed by atoms with Crippen LogP contribution in [0.25, 0.3) is 10.9 Å². The topological polar surface area (TPSA) is 70.9 Å². The molecule has 4 N–H and O–H groups in total. The Balaban J connectivity index is 1.52. The highest BCUT2D eigenvalue weighted by Gasteiger charge is 2.11. The molecule has 124 valence electrons. The van der Waals surface area contributed by atoms with Crippen LogP contribution in [0.2, 0.25) is 0 Å². The largest absolute Gasteiger partial charge is 0.361 e. The molecule has 0 aliphatic carbocycles. The number of amides is 1. The van der Waals surface area contributed by atoms with Gasteiger partial charge in [0.25, 0.3) is 0 Å². The van der Waals surface area contributed by atoms with Gasteiger partial charge in [-0.1, -0.05) is 48.5 Å². The van der Waals surface area contributed by atoms with Crippen LogP contribution in [-0.4, -0.2) is 17.4 Å². The first-order valence-corrected chi connectivity index (χ1v) is 8.28. The summed E-state index contributed by atoms with van der Waals surface area (Å²) in [7, 11) is 0. The maximum Gasteiger partial charge on any atom is 0.221 e. The fraction of sp³-hybridized carbons (Fsp3) is 0.250. The number of para-hydroxylation sites is 1. The molecule has 1 aromatic heterocycles. The van der Waals surface area contributed by atoms with E-state index >= 15 is 0 Å². The van der Waals surface area contributed by atoms with E-state index in [9.17, 15) is 4.79 Å². The van der Waals surface area contributed by atoms with Gasteiger partial charge in [0.15, 0.2) is 0 Å². The monoisotopic (exact) mass is 321 g/mol. The van der Waals surface area contributed by atoms with Crippen molar-refractivity contribution in [3.05, 3.63) is 71.4 Å². The van der Waals surface area contributed by atoms with Crippen molar-refractivity contribution >= 4 is 16.8 Å². The SMILES string of the molecule is Cc1cccc2c(CCNC(=O)CC(N)c3ccccc3)c[nH]c12. The first-order chi connectivity index (χ1) is 11.6. The zero-order valence-electron chi connectivity index (χ0n) is 13.9. The van der Waals surface area contributed by atoms with Crippen LogP contribution in [-0.2, 0) is 11.2 Å². The van der Waals surface area contributed by atoms with Crippen LogP contribution in [0.3, 0.4) is 0 Å². The summed E-state index contributed by atoms with van der Waals surface area (Å²) < 4.78 is 0. The highest BCUT2D eigenvalue weighted by molar-refractivity contribution is 5.86. The molecule has 0 saturated carbocycles. The van der Waals surface area contributed by atoms with E-state index in [4.69, 9.17) is 5.73 Å². The number of rotatable bonds is 6. The number of carbonyl (C=O) groups is 1. The number of aromatic nitrogens is 1. The highest BCUT2D eigenvalue weighted by atomic mass is 16.1. The van der Waals surface area contributed by atoms with Gasteiger partial charge in [0, 0.05) is 36.1 Å². The fourth-order valence-electron chi connectivity index (χ4n) is 3.00. The molecule has 0 bridgehead atoms. The molecule has 0 aliphatic rings. The van der Waals surface area contributed by atoms with Gasteiger partial charge in [0.1, 0.15) is 0 Å². The predicted octanol–water partition coefficient (Wildman–Crippen LogP) is 3.23. The summed E-state index contributed by atoms with van der Waals surface area (Å²) in [5.74, 6) is -0.0117. The van der Waals surface area contributed by atoms with E-state index in [2.05, 4.69) is 35.4 Å². The van der Waals surface area contributed by atoms with Gasteiger partial charge >= 0.3 is 0 Å². The number of nitrogens with two attached hydrogens (primary N) is 1. The van der Waals surface area contributed by atoms with Crippen molar-refractivity contribution in [2.24, 2.45) is 5.73 Å². The lowest BCUT2D eigenvalue weighted by atomic mass is 10.0. The van der Waals surface area contributed by atoms with Crippen molar-refractivity contribution in [2.45, 2.75) is 25.8 Å². The Labute approximate surface area is 142 Å². The first-order valence-electron chi connectivity index (χ1n) is 8.28. The number of H-pyrrole nitrogens is 1. The zero-order valence-corrected chi connectivity index (χ0v) is 13.9. The van der Waals surface area contributed by atoms with Gasteiger partial charge in [0.2, 0.25) is 5.91 Å². The number of carbonyl (C=O) groups excluding carboxylic acids is 1. The van der Waals surface area contributed by atoms with Crippen molar-refractivity contribution in [1.29, 1.82) is 0 Å². The standard InChI is InChI=1S/C20H23N3O/c1-14-6-5-9-17-16(13-23-20(14)17)10-11-22-19(24)12-18(21)15-7-3-2-4-8-15/h2-9,13,18,23H,10-12,21H2,1H3,(H,22,24). The second-order valence-electron chi connectivity index (χ2n) is 6.13. The predicted molar refractivity (Wildman–Crippen MR) is 97.7 cm³/mol. The number of hydrogen-bond donors (Lipinski definition) is 3. The van der Waals surface area contributed by atoms with Gasteiger partial charge in [-0.25, -0.2) is 0 Å². The van der Waals surface area contributed by atoms with E-state index in [0.717, 1.165) is 12.0 Å². The summed E-state index contributed by atoms with van der Waals surface area (Å²) in [6.45, 7) is 2.70. The quantitative estimate of drug-likeness (QED) is 0.652. The van der Waals surface area contributed by atoms with Gasteiger partial charge in [-0.2, -0.15) is 0 Å². The van der Waals surface area contributed by atoms with E-state index in [1.54, 1.807) is 0 Å². The molecular weight excluding hydrogens is 298 g/mol. The average molecular weight is 321 g/mol. The lowest BCUT2D eigenvalue weighted by Gasteiger charge is -2.12. The van der Waals surface area contributed by atoms with E-state index in [-0.39, 0.29) is 11.9 Å².